The molecule has 0 aliphatic carbocycles. The van der Waals surface area contributed by atoms with Crippen LogP contribution in [0, 0.1) is 0 Å². The summed E-state index contributed by atoms with van der Waals surface area (Å²) in [5.74, 6) is 1.53. The minimum absolute atomic E-state index is 0.476. The molecule has 0 amide bonds. The first-order chi connectivity index (χ1) is 16.1. The second-order valence-electron chi connectivity index (χ2n) is 7.23. The van der Waals surface area contributed by atoms with Crippen molar-refractivity contribution in [1.29, 1.82) is 0 Å². The number of rotatable bonds is 6. The third-order valence-electron chi connectivity index (χ3n) is 5.12. The van der Waals surface area contributed by atoms with Gasteiger partial charge >= 0.3 is 0 Å². The fraction of sp³-hybridized carbons (Fsp3) is 0.0833. The smallest absolute Gasteiger partial charge is 0.183 e. The lowest BCUT2D eigenvalue weighted by Gasteiger charge is -2.10. The monoisotopic (exact) mass is 476 g/mol. The number of ether oxygens (including phenoxy) is 1. The summed E-state index contributed by atoms with van der Waals surface area (Å²) in [5, 5.41) is 10.2. The van der Waals surface area contributed by atoms with E-state index in [0.717, 1.165) is 22.2 Å². The first kappa shape index (κ1) is 21.2. The lowest BCUT2D eigenvalue weighted by atomic mass is 10.2. The number of nitrogens with zero attached hydrogens (tertiary/aromatic N) is 5. The summed E-state index contributed by atoms with van der Waals surface area (Å²) in [7, 11) is 1.58. The number of para-hydroxylation sites is 1. The molecule has 0 spiro atoms. The molecule has 33 heavy (non-hydrogen) atoms. The summed E-state index contributed by atoms with van der Waals surface area (Å²) >= 11 is 12.5. The summed E-state index contributed by atoms with van der Waals surface area (Å²) in [6.07, 6.45) is 5.04. The van der Waals surface area contributed by atoms with Crippen LogP contribution in [0.2, 0.25) is 10.0 Å². The second-order valence-corrected chi connectivity index (χ2v) is 8.07. The molecule has 0 bridgehead atoms. The van der Waals surface area contributed by atoms with Gasteiger partial charge in [-0.05, 0) is 35.9 Å². The molecule has 0 radical (unpaired) electrons. The molecule has 0 fully saturated rings. The fourth-order valence-electron chi connectivity index (χ4n) is 3.52. The van der Waals surface area contributed by atoms with Crippen LogP contribution in [0.15, 0.2) is 73.2 Å². The Morgan fingerprint density at radius 1 is 1.03 bits per heavy atom. The van der Waals surface area contributed by atoms with E-state index in [9.17, 15) is 0 Å². The van der Waals surface area contributed by atoms with Gasteiger partial charge < -0.3 is 10.1 Å². The molecule has 9 heteroatoms. The van der Waals surface area contributed by atoms with Crippen molar-refractivity contribution in [2.75, 3.05) is 12.4 Å². The fourth-order valence-corrected chi connectivity index (χ4v) is 3.99. The zero-order chi connectivity index (χ0) is 22.8. The molecular formula is C24H18Cl2N6O. The Labute approximate surface area is 200 Å². The molecule has 0 saturated heterocycles. The van der Waals surface area contributed by atoms with Gasteiger partial charge in [-0.3, -0.25) is 9.67 Å². The van der Waals surface area contributed by atoms with Crippen molar-refractivity contribution in [2.24, 2.45) is 0 Å². The number of pyridine rings is 1. The number of hydrogen-bond donors (Lipinski definition) is 1. The van der Waals surface area contributed by atoms with Gasteiger partial charge in [-0.15, -0.1) is 0 Å². The van der Waals surface area contributed by atoms with Crippen molar-refractivity contribution in [2.45, 2.75) is 6.54 Å². The van der Waals surface area contributed by atoms with Gasteiger partial charge in [0.2, 0.25) is 0 Å². The van der Waals surface area contributed by atoms with Gasteiger partial charge in [0, 0.05) is 33.5 Å². The zero-order valence-corrected chi connectivity index (χ0v) is 19.0. The minimum atomic E-state index is 0.476. The van der Waals surface area contributed by atoms with Gasteiger partial charge in [-0.2, -0.15) is 5.10 Å². The first-order valence-electron chi connectivity index (χ1n) is 10.1. The topological polar surface area (TPSA) is 77.8 Å². The first-order valence-corrected chi connectivity index (χ1v) is 10.9. The standard InChI is InChI=1S/C24H18Cl2N6O/c1-33-21-13-28-24(30-23(21)29-17-8-10-27-11-9-17)22-18-4-2-3-5-20(18)32(31-22)14-15-6-7-16(25)12-19(15)26/h2-13H,14H2,1H3,(H,27,28,29,30). The molecule has 7 nitrogen and oxygen atoms in total. The number of hydrogen-bond acceptors (Lipinski definition) is 6. The molecule has 0 aliphatic rings. The molecule has 0 atom stereocenters. The molecule has 1 N–H and O–H groups in total. The predicted octanol–water partition coefficient (Wildman–Crippen LogP) is 6.00. The molecule has 0 saturated carbocycles. The Balaban J connectivity index is 1.58. The van der Waals surface area contributed by atoms with Crippen molar-refractivity contribution in [3.63, 3.8) is 0 Å². The Kier molecular flexibility index (Phi) is 5.81. The van der Waals surface area contributed by atoms with Gasteiger partial charge in [0.15, 0.2) is 17.4 Å². The third kappa shape index (κ3) is 4.33. The molecule has 2 aromatic carbocycles. The molecule has 3 heterocycles. The molecule has 5 aromatic rings. The maximum Gasteiger partial charge on any atom is 0.183 e. The van der Waals surface area contributed by atoms with E-state index >= 15 is 0 Å². The molecule has 0 aliphatic heterocycles. The zero-order valence-electron chi connectivity index (χ0n) is 17.5. The Morgan fingerprint density at radius 2 is 1.85 bits per heavy atom. The van der Waals surface area contributed by atoms with Gasteiger partial charge in [0.1, 0.15) is 5.69 Å². The highest BCUT2D eigenvalue weighted by molar-refractivity contribution is 6.35. The Bertz CT molecular complexity index is 1440. The molecule has 5 rings (SSSR count). The van der Waals surface area contributed by atoms with Gasteiger partial charge in [-0.25, -0.2) is 9.97 Å². The van der Waals surface area contributed by atoms with E-state index in [2.05, 4.69) is 15.3 Å². The van der Waals surface area contributed by atoms with E-state index in [1.807, 2.05) is 53.2 Å². The number of fused-ring (bicyclic) bond motifs is 1. The summed E-state index contributed by atoms with van der Waals surface area (Å²) in [5.41, 5.74) is 3.36. The van der Waals surface area contributed by atoms with Crippen LogP contribution in [-0.2, 0) is 6.54 Å². The normalized spacial score (nSPS) is 11.0. The summed E-state index contributed by atoms with van der Waals surface area (Å²) in [6.45, 7) is 0.481. The van der Waals surface area contributed by atoms with Crippen LogP contribution < -0.4 is 10.1 Å². The van der Waals surface area contributed by atoms with E-state index < -0.39 is 0 Å². The van der Waals surface area contributed by atoms with Crippen LogP contribution in [0.25, 0.3) is 22.4 Å². The average molecular weight is 477 g/mol. The summed E-state index contributed by atoms with van der Waals surface area (Å²) < 4.78 is 7.34. The van der Waals surface area contributed by atoms with Crippen LogP contribution in [-0.4, -0.2) is 31.8 Å². The third-order valence-corrected chi connectivity index (χ3v) is 5.71. The van der Waals surface area contributed by atoms with Crippen molar-refractivity contribution in [1.82, 2.24) is 24.7 Å². The highest BCUT2D eigenvalue weighted by Gasteiger charge is 2.18. The lowest BCUT2D eigenvalue weighted by molar-refractivity contribution is 0.413. The van der Waals surface area contributed by atoms with E-state index in [-0.39, 0.29) is 0 Å². The molecular weight excluding hydrogens is 459 g/mol. The van der Waals surface area contributed by atoms with Crippen LogP contribution in [0.5, 0.6) is 5.75 Å². The largest absolute Gasteiger partial charge is 0.491 e. The maximum atomic E-state index is 6.41. The Hall–Kier alpha value is -3.68. The van der Waals surface area contributed by atoms with Crippen molar-refractivity contribution >= 4 is 45.6 Å². The highest BCUT2D eigenvalue weighted by Crippen LogP contribution is 2.31. The number of benzene rings is 2. The van der Waals surface area contributed by atoms with Gasteiger partial charge in [0.05, 0.1) is 25.4 Å². The van der Waals surface area contributed by atoms with Crippen LogP contribution in [0.1, 0.15) is 5.56 Å². The van der Waals surface area contributed by atoms with Gasteiger partial charge in [-0.1, -0.05) is 47.5 Å². The lowest BCUT2D eigenvalue weighted by Crippen LogP contribution is -2.04. The number of methoxy groups -OCH3 is 1. The minimum Gasteiger partial charge on any atom is -0.491 e. The molecule has 3 aromatic heterocycles. The number of halogens is 2. The molecule has 164 valence electrons. The van der Waals surface area contributed by atoms with E-state index in [4.69, 9.17) is 38.0 Å². The highest BCUT2D eigenvalue weighted by atomic mass is 35.5. The van der Waals surface area contributed by atoms with Crippen LogP contribution in [0.4, 0.5) is 11.5 Å². The van der Waals surface area contributed by atoms with E-state index in [1.54, 1.807) is 31.8 Å². The quantitative estimate of drug-likeness (QED) is 0.324. The number of aromatic nitrogens is 5. The van der Waals surface area contributed by atoms with Crippen molar-refractivity contribution in [3.05, 3.63) is 88.8 Å². The SMILES string of the molecule is COc1cnc(-c2nn(Cc3ccc(Cl)cc3Cl)c3ccccc23)nc1Nc1ccncc1. The van der Waals surface area contributed by atoms with Crippen molar-refractivity contribution in [3.8, 4) is 17.3 Å². The van der Waals surface area contributed by atoms with Crippen LogP contribution >= 0.6 is 23.2 Å². The predicted molar refractivity (Wildman–Crippen MR) is 130 cm³/mol. The number of nitrogens with one attached hydrogen (secondary N) is 1. The van der Waals surface area contributed by atoms with Crippen molar-refractivity contribution < 1.29 is 4.74 Å². The molecule has 0 unspecified atom stereocenters. The van der Waals surface area contributed by atoms with E-state index in [1.165, 1.54) is 0 Å². The summed E-state index contributed by atoms with van der Waals surface area (Å²) in [6, 6.07) is 17.1. The van der Waals surface area contributed by atoms with Crippen LogP contribution in [0.3, 0.4) is 0 Å². The summed E-state index contributed by atoms with van der Waals surface area (Å²) in [4.78, 5) is 13.3. The van der Waals surface area contributed by atoms with E-state index in [0.29, 0.717) is 39.7 Å². The number of anilines is 2. The second kappa shape index (κ2) is 9.05. The average Bonchev–Trinajstić information content (AvgIpc) is 3.20. The van der Waals surface area contributed by atoms with Gasteiger partial charge in [0.25, 0.3) is 0 Å². The Morgan fingerprint density at radius 3 is 2.64 bits per heavy atom. The maximum absolute atomic E-state index is 6.41.